The van der Waals surface area contributed by atoms with Crippen LogP contribution < -0.4 is 0 Å². The lowest BCUT2D eigenvalue weighted by molar-refractivity contribution is 1.39. The monoisotopic (exact) mass is 684 g/mol. The topological polar surface area (TPSA) is 0 Å². The highest BCUT2D eigenvalue weighted by Crippen LogP contribution is 2.54. The van der Waals surface area contributed by atoms with Crippen LogP contribution >= 0.6 is 0 Å². The van der Waals surface area contributed by atoms with Crippen molar-refractivity contribution < 1.29 is 0 Å². The summed E-state index contributed by atoms with van der Waals surface area (Å²) >= 11 is 0. The summed E-state index contributed by atoms with van der Waals surface area (Å²) in [5.74, 6) is 0. The maximum Gasteiger partial charge on any atom is -0.000719 e. The Bertz CT molecular complexity index is 3540. The standard InChI is InChI=1S/C54H36/c1-29-19-30(2)22-35(21-29)49-47-28-44-43(41-17-9-15-39-37-13-7-5-11-33(37)25-45(44)51(39)41)27-46(47)50(36-23-31(3)20-32(4)24-36)54-48-26-34-12-6-8-14-38(34)40-16-10-18-42(52(40)48)53(49)54/h5-28H,1-4H3. The molecule has 0 spiro atoms. The average molecular weight is 685 g/mol. The highest BCUT2D eigenvalue weighted by Gasteiger charge is 2.26. The van der Waals surface area contributed by atoms with E-state index in [0.717, 1.165) is 0 Å². The summed E-state index contributed by atoms with van der Waals surface area (Å²) in [5.41, 5.74) is 10.4. The SMILES string of the molecule is Cc1cc(C)cc(-c2c3cc4c(cc3c(-c3cc(C)cc(C)c3)c3c5cc6ccccc6c6cccc(c23)c65)c2cccc3c5ccccc5cc4c32)c1. The molecule has 0 aliphatic heterocycles. The lowest BCUT2D eigenvalue weighted by Crippen LogP contribution is -1.92. The molecule has 54 heavy (non-hydrogen) atoms. The van der Waals surface area contributed by atoms with E-state index in [1.165, 1.54) is 141 Å². The number of hydrogen-bond donors (Lipinski definition) is 0. The Balaban J connectivity index is 1.42. The molecule has 0 amide bonds. The Morgan fingerprint density at radius 1 is 0.241 bits per heavy atom. The van der Waals surface area contributed by atoms with Crippen molar-refractivity contribution in [3.63, 3.8) is 0 Å². The maximum absolute atomic E-state index is 2.56. The van der Waals surface area contributed by atoms with Gasteiger partial charge in [0.1, 0.15) is 0 Å². The van der Waals surface area contributed by atoms with Gasteiger partial charge in [-0.2, -0.15) is 0 Å². The van der Waals surface area contributed by atoms with Crippen LogP contribution in [0.15, 0.2) is 146 Å². The predicted octanol–water partition coefficient (Wildman–Crippen LogP) is 15.5. The summed E-state index contributed by atoms with van der Waals surface area (Å²) in [7, 11) is 0. The van der Waals surface area contributed by atoms with Gasteiger partial charge in [0, 0.05) is 0 Å². The first-order valence-corrected chi connectivity index (χ1v) is 19.2. The van der Waals surface area contributed by atoms with Crippen molar-refractivity contribution in [3.05, 3.63) is 168 Å². The number of hydrogen-bond acceptors (Lipinski definition) is 0. The second-order valence-electron chi connectivity index (χ2n) is 15.9. The normalized spacial score (nSPS) is 12.4. The molecule has 0 heterocycles. The summed E-state index contributed by atoms with van der Waals surface area (Å²) in [6.45, 7) is 8.97. The molecule has 12 rings (SSSR count). The van der Waals surface area contributed by atoms with Crippen LogP contribution in [0.5, 0.6) is 0 Å². The first-order chi connectivity index (χ1) is 26.4. The molecule has 0 saturated heterocycles. The van der Waals surface area contributed by atoms with Crippen molar-refractivity contribution in [2.24, 2.45) is 0 Å². The molecule has 0 aliphatic carbocycles. The van der Waals surface area contributed by atoms with Gasteiger partial charge in [0.2, 0.25) is 0 Å². The zero-order chi connectivity index (χ0) is 36.0. The molecular weight excluding hydrogens is 649 g/mol. The minimum Gasteiger partial charge on any atom is -0.0616 e. The Hall–Kier alpha value is -6.50. The molecule has 0 radical (unpaired) electrons. The van der Waals surface area contributed by atoms with Crippen LogP contribution in [0.4, 0.5) is 0 Å². The van der Waals surface area contributed by atoms with Gasteiger partial charge in [-0.1, -0.05) is 144 Å². The fourth-order valence-electron chi connectivity index (χ4n) is 10.5. The van der Waals surface area contributed by atoms with E-state index < -0.39 is 0 Å². The fraction of sp³-hybridized carbons (Fsp3) is 0.0741. The second kappa shape index (κ2) is 10.6. The first kappa shape index (κ1) is 30.0. The largest absolute Gasteiger partial charge is 0.0616 e. The molecule has 0 heteroatoms. The molecule has 252 valence electrons. The average Bonchev–Trinajstić information content (AvgIpc) is 3.65. The third kappa shape index (κ3) is 3.93. The molecule has 0 unspecified atom stereocenters. The van der Waals surface area contributed by atoms with Gasteiger partial charge in [0.25, 0.3) is 0 Å². The zero-order valence-electron chi connectivity index (χ0n) is 30.9. The van der Waals surface area contributed by atoms with E-state index in [0.29, 0.717) is 0 Å². The summed E-state index contributed by atoms with van der Waals surface area (Å²) in [5, 5.41) is 24.0. The highest BCUT2D eigenvalue weighted by molar-refractivity contribution is 6.44. The van der Waals surface area contributed by atoms with E-state index in [1.54, 1.807) is 0 Å². The number of fused-ring (bicyclic) bond motifs is 11. The van der Waals surface area contributed by atoms with E-state index in [1.807, 2.05) is 0 Å². The third-order valence-corrected chi connectivity index (χ3v) is 12.4. The third-order valence-electron chi connectivity index (χ3n) is 12.4. The van der Waals surface area contributed by atoms with Crippen molar-refractivity contribution in [3.8, 4) is 22.3 Å². The van der Waals surface area contributed by atoms with Crippen molar-refractivity contribution in [1.29, 1.82) is 0 Å². The Morgan fingerprint density at radius 3 is 1.17 bits per heavy atom. The highest BCUT2D eigenvalue weighted by atomic mass is 14.3. The van der Waals surface area contributed by atoms with Crippen LogP contribution in [0.2, 0.25) is 0 Å². The van der Waals surface area contributed by atoms with Crippen molar-refractivity contribution in [1.82, 2.24) is 0 Å². The molecule has 0 fully saturated rings. The van der Waals surface area contributed by atoms with Crippen LogP contribution in [0, 0.1) is 27.7 Å². The summed E-state index contributed by atoms with van der Waals surface area (Å²) in [6, 6.07) is 56.0. The molecule has 0 atom stereocenters. The van der Waals surface area contributed by atoms with E-state index in [4.69, 9.17) is 0 Å². The minimum absolute atomic E-state index is 1.28. The van der Waals surface area contributed by atoms with Crippen LogP contribution in [-0.4, -0.2) is 0 Å². The molecule has 0 N–H and O–H groups in total. The lowest BCUT2D eigenvalue weighted by atomic mass is 9.84. The lowest BCUT2D eigenvalue weighted by Gasteiger charge is -2.19. The molecule has 12 aromatic rings. The summed E-state index contributed by atoms with van der Waals surface area (Å²) < 4.78 is 0. The second-order valence-corrected chi connectivity index (χ2v) is 15.9. The molecule has 12 aromatic carbocycles. The van der Waals surface area contributed by atoms with E-state index in [9.17, 15) is 0 Å². The Morgan fingerprint density at radius 2 is 0.630 bits per heavy atom. The van der Waals surface area contributed by atoms with Gasteiger partial charge >= 0.3 is 0 Å². The van der Waals surface area contributed by atoms with Crippen molar-refractivity contribution in [2.75, 3.05) is 0 Å². The summed E-state index contributed by atoms with van der Waals surface area (Å²) in [6.07, 6.45) is 0. The van der Waals surface area contributed by atoms with Gasteiger partial charge in [-0.3, -0.25) is 0 Å². The quantitative estimate of drug-likeness (QED) is 0.159. The number of aryl methyl sites for hydroxylation is 4. The van der Waals surface area contributed by atoms with Gasteiger partial charge in [0.05, 0.1) is 0 Å². The number of rotatable bonds is 2. The van der Waals surface area contributed by atoms with Crippen molar-refractivity contribution in [2.45, 2.75) is 27.7 Å². The summed E-state index contributed by atoms with van der Waals surface area (Å²) in [4.78, 5) is 0. The van der Waals surface area contributed by atoms with E-state index in [-0.39, 0.29) is 0 Å². The maximum atomic E-state index is 2.56. The van der Waals surface area contributed by atoms with E-state index in [2.05, 4.69) is 173 Å². The van der Waals surface area contributed by atoms with Crippen LogP contribution in [0.25, 0.3) is 119 Å². The molecule has 0 aliphatic rings. The molecule has 0 nitrogen and oxygen atoms in total. The van der Waals surface area contributed by atoms with Gasteiger partial charge < -0.3 is 0 Å². The van der Waals surface area contributed by atoms with Gasteiger partial charge in [-0.25, -0.2) is 0 Å². The van der Waals surface area contributed by atoms with Gasteiger partial charge in [0.15, 0.2) is 0 Å². The van der Waals surface area contributed by atoms with Gasteiger partial charge in [-0.15, -0.1) is 0 Å². The van der Waals surface area contributed by atoms with Gasteiger partial charge in [-0.05, 0) is 171 Å². The Labute approximate surface area is 313 Å². The van der Waals surface area contributed by atoms with Crippen LogP contribution in [0.3, 0.4) is 0 Å². The number of benzene rings is 10. The van der Waals surface area contributed by atoms with Crippen molar-refractivity contribution >= 4 is 97.0 Å². The molecule has 0 saturated carbocycles. The predicted molar refractivity (Wildman–Crippen MR) is 236 cm³/mol. The smallest absolute Gasteiger partial charge is 0.000719 e. The first-order valence-electron chi connectivity index (χ1n) is 19.2. The fourth-order valence-corrected chi connectivity index (χ4v) is 10.5. The molecule has 0 bridgehead atoms. The van der Waals surface area contributed by atoms with E-state index >= 15 is 0 Å². The van der Waals surface area contributed by atoms with Crippen LogP contribution in [-0.2, 0) is 0 Å². The zero-order valence-corrected chi connectivity index (χ0v) is 30.9. The Kier molecular flexibility index (Phi) is 5.87. The molecule has 0 aromatic heterocycles. The van der Waals surface area contributed by atoms with Crippen LogP contribution in [0.1, 0.15) is 22.3 Å². The minimum atomic E-state index is 1.28. The molecular formula is C54H36.